The molecule has 0 spiro atoms. The topological polar surface area (TPSA) is 12.5 Å². The summed E-state index contributed by atoms with van der Waals surface area (Å²) < 4.78 is 7.09. The average Bonchev–Trinajstić information content (AvgIpc) is 2.76. The van der Waals surface area contributed by atoms with Crippen LogP contribution in [0.2, 0.25) is 0 Å². The normalized spacial score (nSPS) is 64.1. The van der Waals surface area contributed by atoms with E-state index in [-0.39, 0.29) is 0 Å². The zero-order valence-corrected chi connectivity index (χ0v) is 17.6. The minimum Gasteiger partial charge on any atom is -0.372 e. The third kappa shape index (κ3) is 1.91. The first kappa shape index (κ1) is 16.6. The fourth-order valence-corrected chi connectivity index (χ4v) is 11.6. The number of hydrogen-bond acceptors (Lipinski definition) is 2. The third-order valence-corrected chi connectivity index (χ3v) is 11.9. The Morgan fingerprint density at radius 3 is 1.54 bits per heavy atom. The van der Waals surface area contributed by atoms with Crippen molar-refractivity contribution in [1.29, 1.82) is 0 Å². The fraction of sp³-hybridized carbons (Fsp3) is 1.00. The zero-order valence-electron chi connectivity index (χ0n) is 17.6. The van der Waals surface area contributed by atoms with Crippen molar-refractivity contribution in [1.82, 2.24) is 4.90 Å². The second-order valence-electron chi connectivity index (χ2n) is 12.4. The molecule has 3 heterocycles. The summed E-state index contributed by atoms with van der Waals surface area (Å²) >= 11 is 0. The van der Waals surface area contributed by atoms with Crippen LogP contribution in [-0.2, 0) is 4.74 Å². The summed E-state index contributed by atoms with van der Waals surface area (Å²) in [6.07, 6.45) is 21.0. The molecule has 8 rings (SSSR count). The first-order valence-corrected chi connectivity index (χ1v) is 13.3. The summed E-state index contributed by atoms with van der Waals surface area (Å²) in [6.45, 7) is 0. The molecule has 12 unspecified atom stereocenters. The summed E-state index contributed by atoms with van der Waals surface area (Å²) in [7, 11) is 0. The highest BCUT2D eigenvalue weighted by Crippen LogP contribution is 2.65. The maximum atomic E-state index is 7.09. The Labute approximate surface area is 171 Å². The van der Waals surface area contributed by atoms with Crippen LogP contribution in [0.15, 0.2) is 0 Å². The molecule has 0 radical (unpaired) electrons. The van der Waals surface area contributed by atoms with Crippen LogP contribution in [0.4, 0.5) is 0 Å². The molecule has 0 aromatic heterocycles. The van der Waals surface area contributed by atoms with Crippen LogP contribution in [0.3, 0.4) is 0 Å². The van der Waals surface area contributed by atoms with Crippen LogP contribution in [0, 0.1) is 47.3 Å². The van der Waals surface area contributed by atoms with Crippen LogP contribution in [0.5, 0.6) is 0 Å². The molecule has 8 fully saturated rings. The Hall–Kier alpha value is -0.0800. The number of nitrogens with zero attached hydrogens (tertiary/aromatic N) is 1. The second-order valence-corrected chi connectivity index (χ2v) is 12.4. The number of morpholine rings is 1. The Bertz CT molecular complexity index is 611. The van der Waals surface area contributed by atoms with Crippen LogP contribution in [-0.4, -0.2) is 35.2 Å². The van der Waals surface area contributed by atoms with Gasteiger partial charge in [0, 0.05) is 18.1 Å². The molecule has 2 nitrogen and oxygen atoms in total. The van der Waals surface area contributed by atoms with Crippen molar-refractivity contribution in [2.24, 2.45) is 47.3 Å². The van der Waals surface area contributed by atoms with Crippen molar-refractivity contribution in [2.75, 3.05) is 0 Å². The maximum Gasteiger partial charge on any atom is 0.0738 e. The van der Waals surface area contributed by atoms with Crippen molar-refractivity contribution < 1.29 is 4.74 Å². The molecule has 5 aliphatic carbocycles. The van der Waals surface area contributed by atoms with E-state index in [4.69, 9.17) is 4.74 Å². The maximum absolute atomic E-state index is 7.09. The number of hydrogen-bond donors (Lipinski definition) is 0. The van der Waals surface area contributed by atoms with Crippen LogP contribution < -0.4 is 0 Å². The van der Waals surface area contributed by atoms with Gasteiger partial charge in [0.2, 0.25) is 0 Å². The first-order valence-electron chi connectivity index (χ1n) is 13.3. The van der Waals surface area contributed by atoms with Gasteiger partial charge in [0.15, 0.2) is 0 Å². The molecule has 3 aliphatic heterocycles. The van der Waals surface area contributed by atoms with Crippen LogP contribution in [0.25, 0.3) is 0 Å². The van der Waals surface area contributed by atoms with Gasteiger partial charge in [0.25, 0.3) is 0 Å². The predicted octanol–water partition coefficient (Wildman–Crippen LogP) is 5.26. The minimum absolute atomic E-state index is 0.600. The van der Waals surface area contributed by atoms with Crippen molar-refractivity contribution in [2.45, 2.75) is 114 Å². The summed E-state index contributed by atoms with van der Waals surface area (Å²) in [5.41, 5.74) is 0. The van der Waals surface area contributed by atoms with E-state index in [0.29, 0.717) is 12.2 Å². The van der Waals surface area contributed by atoms with Gasteiger partial charge in [-0.1, -0.05) is 32.1 Å². The molecular weight excluding hydrogens is 342 g/mol. The molecular formula is C26H39NO. The van der Waals surface area contributed by atoms with Gasteiger partial charge in [-0.05, 0) is 98.7 Å². The largest absolute Gasteiger partial charge is 0.372 e. The molecule has 0 N–H and O–H groups in total. The molecule has 12 atom stereocenters. The fourth-order valence-electron chi connectivity index (χ4n) is 11.6. The lowest BCUT2D eigenvalue weighted by Crippen LogP contribution is -2.80. The summed E-state index contributed by atoms with van der Waals surface area (Å²) in [5.74, 6) is 8.36. The van der Waals surface area contributed by atoms with Crippen molar-refractivity contribution in [3.8, 4) is 0 Å². The first-order chi connectivity index (χ1) is 13.9. The molecule has 3 saturated heterocycles. The average molecular weight is 382 g/mol. The Morgan fingerprint density at radius 1 is 0.464 bits per heavy atom. The number of piperidine rings is 2. The van der Waals surface area contributed by atoms with Gasteiger partial charge in [-0.15, -0.1) is 0 Å². The number of fused-ring (bicyclic) bond motifs is 2. The van der Waals surface area contributed by atoms with Gasteiger partial charge in [0.1, 0.15) is 0 Å². The molecule has 0 bridgehead atoms. The molecule has 154 valence electrons. The Kier molecular flexibility index (Phi) is 3.43. The van der Waals surface area contributed by atoms with Crippen molar-refractivity contribution in [3.63, 3.8) is 0 Å². The van der Waals surface area contributed by atoms with E-state index in [0.717, 1.165) is 65.5 Å². The highest BCUT2D eigenvalue weighted by atomic mass is 16.5. The second kappa shape index (κ2) is 5.78. The van der Waals surface area contributed by atoms with E-state index in [1.54, 1.807) is 44.9 Å². The molecule has 0 aromatic carbocycles. The lowest BCUT2D eigenvalue weighted by Gasteiger charge is -2.74. The summed E-state index contributed by atoms with van der Waals surface area (Å²) in [4.78, 5) is 3.31. The molecule has 0 amide bonds. The van der Waals surface area contributed by atoms with Gasteiger partial charge in [-0.3, -0.25) is 4.90 Å². The third-order valence-electron chi connectivity index (χ3n) is 11.9. The molecule has 28 heavy (non-hydrogen) atoms. The lowest BCUT2D eigenvalue weighted by atomic mass is 9.45. The molecule has 2 heteroatoms. The highest BCUT2D eigenvalue weighted by Gasteiger charge is 2.68. The Balaban J connectivity index is 1.31. The monoisotopic (exact) mass is 381 g/mol. The number of rotatable bonds is 0. The van der Waals surface area contributed by atoms with E-state index in [9.17, 15) is 0 Å². The Morgan fingerprint density at radius 2 is 0.964 bits per heavy atom. The molecule has 8 aliphatic rings. The van der Waals surface area contributed by atoms with Gasteiger partial charge in [-0.25, -0.2) is 0 Å². The van der Waals surface area contributed by atoms with Crippen LogP contribution >= 0.6 is 0 Å². The van der Waals surface area contributed by atoms with Gasteiger partial charge in [-0.2, -0.15) is 0 Å². The molecule has 5 saturated carbocycles. The van der Waals surface area contributed by atoms with Gasteiger partial charge in [0.05, 0.1) is 12.2 Å². The van der Waals surface area contributed by atoms with E-state index in [2.05, 4.69) is 4.90 Å². The smallest absolute Gasteiger partial charge is 0.0738 e. The van der Waals surface area contributed by atoms with Crippen molar-refractivity contribution >= 4 is 0 Å². The minimum atomic E-state index is 0.600. The summed E-state index contributed by atoms with van der Waals surface area (Å²) in [5, 5.41) is 0. The van der Waals surface area contributed by atoms with E-state index >= 15 is 0 Å². The quantitative estimate of drug-likeness (QED) is 0.568. The standard InChI is InChI=1S/C26H39NO/c1-4-14-10-12-20-25-22(14)16(6-1)18-8-3-9-19-17-7-2-5-15-11-13-21(28-20)26(23(15)17)27(25)24(18)19/h14-26H,1-13H2. The van der Waals surface area contributed by atoms with Crippen LogP contribution in [0.1, 0.15) is 83.5 Å². The van der Waals surface area contributed by atoms with Gasteiger partial charge < -0.3 is 4.74 Å². The summed E-state index contributed by atoms with van der Waals surface area (Å²) in [6, 6.07) is 2.62. The number of ether oxygens (including phenoxy) is 1. The van der Waals surface area contributed by atoms with Crippen molar-refractivity contribution in [3.05, 3.63) is 0 Å². The molecule has 0 aromatic rings. The van der Waals surface area contributed by atoms with E-state index < -0.39 is 0 Å². The lowest BCUT2D eigenvalue weighted by molar-refractivity contribution is -0.303. The SMILES string of the molecule is C1CC2CCC3OC4CCC5CCCC6C7CCCC8C(C1)C2C3N(C87)C4C56. The highest BCUT2D eigenvalue weighted by molar-refractivity contribution is 5.19. The zero-order chi connectivity index (χ0) is 18.0. The van der Waals surface area contributed by atoms with E-state index in [1.807, 2.05) is 0 Å². The predicted molar refractivity (Wildman–Crippen MR) is 110 cm³/mol. The van der Waals surface area contributed by atoms with E-state index in [1.165, 1.54) is 38.5 Å². The van der Waals surface area contributed by atoms with Gasteiger partial charge >= 0.3 is 0 Å².